The molecule has 4 aromatic carbocycles. The van der Waals surface area contributed by atoms with Gasteiger partial charge in [0.15, 0.2) is 0 Å². The largest absolute Gasteiger partial charge is 0.491 e. The first-order valence-corrected chi connectivity index (χ1v) is 19.7. The highest BCUT2D eigenvalue weighted by molar-refractivity contribution is 6.12. The van der Waals surface area contributed by atoms with E-state index in [0.29, 0.717) is 41.2 Å². The summed E-state index contributed by atoms with van der Waals surface area (Å²) < 4.78 is 12.8. The van der Waals surface area contributed by atoms with Crippen LogP contribution in [0.5, 0.6) is 5.75 Å². The number of morpholine rings is 1. The van der Waals surface area contributed by atoms with Crippen molar-refractivity contribution < 1.29 is 34.1 Å². The van der Waals surface area contributed by atoms with E-state index in [-0.39, 0.29) is 32.1 Å². The highest BCUT2D eigenvalue weighted by Gasteiger charge is 2.74. The lowest BCUT2D eigenvalue weighted by Gasteiger charge is -2.46. The number of likely N-dealkylation sites (tertiary alicyclic amines) is 1. The summed E-state index contributed by atoms with van der Waals surface area (Å²) in [5, 5.41) is 22.6. The van der Waals surface area contributed by atoms with Crippen LogP contribution in [0.2, 0.25) is 0 Å². The van der Waals surface area contributed by atoms with E-state index in [4.69, 9.17) is 9.47 Å². The molecule has 2 amide bonds. The van der Waals surface area contributed by atoms with Gasteiger partial charge in [-0.2, -0.15) is 0 Å². The van der Waals surface area contributed by atoms with Gasteiger partial charge in [0.05, 0.1) is 31.2 Å². The molecule has 10 heteroatoms. The predicted octanol–water partition coefficient (Wildman–Crippen LogP) is 5.86. The molecular weight excluding hydrogens is 707 g/mol. The number of ether oxygens (including phenoxy) is 2. The van der Waals surface area contributed by atoms with Gasteiger partial charge >= 0.3 is 5.97 Å². The molecule has 0 aromatic heterocycles. The molecule has 4 heterocycles. The van der Waals surface area contributed by atoms with Crippen molar-refractivity contribution in [1.82, 2.24) is 9.80 Å². The Bertz CT molecular complexity index is 2120. The Kier molecular flexibility index (Phi) is 10.9. The molecule has 8 rings (SSSR count). The molecule has 0 saturated carbocycles. The van der Waals surface area contributed by atoms with Crippen molar-refractivity contribution in [2.24, 2.45) is 5.92 Å². The van der Waals surface area contributed by atoms with E-state index in [1.165, 1.54) is 0 Å². The smallest absolute Gasteiger partial charge is 0.324 e. The molecule has 3 fully saturated rings. The van der Waals surface area contributed by atoms with Crippen molar-refractivity contribution in [2.45, 2.75) is 68.2 Å². The number of nitrogens with one attached hydrogen (secondary N) is 1. The quantitative estimate of drug-likeness (QED) is 0.151. The average molecular weight is 754 g/mol. The van der Waals surface area contributed by atoms with E-state index in [9.17, 15) is 10.2 Å². The summed E-state index contributed by atoms with van der Waals surface area (Å²) in [6.07, 6.45) is 4.20. The van der Waals surface area contributed by atoms with E-state index in [1.807, 2.05) is 102 Å². The van der Waals surface area contributed by atoms with E-state index < -0.39 is 47.4 Å². The third-order valence-corrected chi connectivity index (χ3v) is 11.8. The summed E-state index contributed by atoms with van der Waals surface area (Å²) >= 11 is 0. The topological polar surface area (TPSA) is 129 Å². The van der Waals surface area contributed by atoms with Gasteiger partial charge in [0.2, 0.25) is 11.8 Å². The SMILES string of the molecule is O=C1O[C@H](c2ccccc2)[C@H](c2ccccc2)N2[C@H]1[C@@H](C(=O)N1CCCCCCC1)[C@]1(C(=O)Nc3ccc(C#CCCO)cc31)[C@H]2c1ccccc1OCCO. The van der Waals surface area contributed by atoms with Gasteiger partial charge in [0, 0.05) is 36.3 Å². The van der Waals surface area contributed by atoms with Gasteiger partial charge in [-0.1, -0.05) is 110 Å². The van der Waals surface area contributed by atoms with E-state index in [2.05, 4.69) is 22.1 Å². The Morgan fingerprint density at radius 1 is 0.821 bits per heavy atom. The van der Waals surface area contributed by atoms with Gasteiger partial charge in [-0.25, -0.2) is 0 Å². The zero-order valence-electron chi connectivity index (χ0n) is 31.3. The van der Waals surface area contributed by atoms with Crippen molar-refractivity contribution in [3.05, 3.63) is 131 Å². The molecular formula is C46H47N3O7. The Hall–Kier alpha value is -5.47. The maximum Gasteiger partial charge on any atom is 0.324 e. The maximum atomic E-state index is 15.7. The molecule has 0 radical (unpaired) electrons. The summed E-state index contributed by atoms with van der Waals surface area (Å²) in [5.74, 6) is 4.15. The van der Waals surface area contributed by atoms with Crippen LogP contribution in [0.1, 0.15) is 84.5 Å². The fraction of sp³-hybridized carbons (Fsp3) is 0.370. The highest BCUT2D eigenvalue weighted by atomic mass is 16.6. The molecule has 10 nitrogen and oxygen atoms in total. The summed E-state index contributed by atoms with van der Waals surface area (Å²) in [7, 11) is 0. The molecule has 3 saturated heterocycles. The first-order valence-electron chi connectivity index (χ1n) is 19.7. The van der Waals surface area contributed by atoms with Crippen molar-refractivity contribution in [3.8, 4) is 17.6 Å². The fourth-order valence-electron chi connectivity index (χ4n) is 9.50. The van der Waals surface area contributed by atoms with Gasteiger partial charge in [-0.3, -0.25) is 19.3 Å². The van der Waals surface area contributed by atoms with Gasteiger partial charge in [-0.05, 0) is 53.8 Å². The van der Waals surface area contributed by atoms with Crippen molar-refractivity contribution in [1.29, 1.82) is 0 Å². The van der Waals surface area contributed by atoms with Crippen molar-refractivity contribution in [3.63, 3.8) is 0 Å². The van der Waals surface area contributed by atoms with Gasteiger partial charge in [-0.15, -0.1) is 0 Å². The standard InChI is InChI=1S/C46H47N3O7/c50-27-15-12-16-31-23-24-36-35(30-31)46(45(54)47-36)38(43(52)48-25-13-2-1-3-14-26-48)40-44(53)56-41(33-19-8-5-9-20-33)39(32-17-6-4-7-18-32)49(40)42(46)34-21-10-11-22-37(34)55-29-28-51/h4-11,17-24,30,38-42,50-51H,1-3,13-15,25-29H2,(H,47,54)/t38-,39-,40-,41+,42+,46-/m0/s1. The normalized spacial score (nSPS) is 25.9. The molecule has 3 N–H and O–H groups in total. The van der Waals surface area contributed by atoms with Crippen LogP contribution in [0.3, 0.4) is 0 Å². The number of hydrogen-bond acceptors (Lipinski definition) is 8. The van der Waals surface area contributed by atoms with Crippen LogP contribution in [0.4, 0.5) is 5.69 Å². The number of cyclic esters (lactones) is 1. The second-order valence-electron chi connectivity index (χ2n) is 15.0. The third kappa shape index (κ3) is 6.53. The molecule has 4 aromatic rings. The monoisotopic (exact) mass is 753 g/mol. The van der Waals surface area contributed by atoms with Crippen LogP contribution >= 0.6 is 0 Å². The van der Waals surface area contributed by atoms with E-state index in [0.717, 1.165) is 43.2 Å². The van der Waals surface area contributed by atoms with Crippen LogP contribution in [0.15, 0.2) is 103 Å². The number of carbonyl (C=O) groups excluding carboxylic acids is 3. The van der Waals surface area contributed by atoms with E-state index in [1.54, 1.807) is 6.07 Å². The van der Waals surface area contributed by atoms with E-state index >= 15 is 14.4 Å². The lowest BCUT2D eigenvalue weighted by molar-refractivity contribution is -0.179. The number of fused-ring (bicyclic) bond motifs is 3. The Morgan fingerprint density at radius 2 is 1.50 bits per heavy atom. The number of hydrogen-bond donors (Lipinski definition) is 3. The predicted molar refractivity (Wildman–Crippen MR) is 210 cm³/mol. The zero-order valence-corrected chi connectivity index (χ0v) is 31.3. The number of amides is 2. The summed E-state index contributed by atoms with van der Waals surface area (Å²) in [4.78, 5) is 50.2. The zero-order chi connectivity index (χ0) is 38.6. The van der Waals surface area contributed by atoms with Gasteiger partial charge in [0.1, 0.15) is 29.9 Å². The van der Waals surface area contributed by atoms with Crippen LogP contribution in [0, 0.1) is 17.8 Å². The number of carbonyl (C=O) groups is 3. The number of rotatable bonds is 8. The first-order chi connectivity index (χ1) is 27.5. The minimum absolute atomic E-state index is 0.000469. The van der Waals surface area contributed by atoms with Crippen molar-refractivity contribution >= 4 is 23.5 Å². The lowest BCUT2D eigenvalue weighted by Crippen LogP contribution is -2.55. The molecule has 6 atom stereocenters. The second-order valence-corrected chi connectivity index (χ2v) is 15.0. The highest BCUT2D eigenvalue weighted by Crippen LogP contribution is 2.66. The number of aliphatic hydroxyl groups excluding tert-OH is 2. The summed E-state index contributed by atoms with van der Waals surface area (Å²) in [6, 6.07) is 29.6. The fourth-order valence-corrected chi connectivity index (χ4v) is 9.50. The first kappa shape index (κ1) is 37.5. The maximum absolute atomic E-state index is 15.7. The minimum Gasteiger partial charge on any atom is -0.491 e. The Labute approximate surface area is 327 Å². The third-order valence-electron chi connectivity index (χ3n) is 11.8. The van der Waals surface area contributed by atoms with Gasteiger partial charge < -0.3 is 29.9 Å². The average Bonchev–Trinajstić information content (AvgIpc) is 3.69. The number of esters is 1. The van der Waals surface area contributed by atoms with Crippen LogP contribution in [-0.4, -0.2) is 76.7 Å². The van der Waals surface area contributed by atoms with Crippen LogP contribution in [0.25, 0.3) is 0 Å². The number of anilines is 1. The van der Waals surface area contributed by atoms with Crippen LogP contribution < -0.4 is 10.1 Å². The minimum atomic E-state index is -1.66. The molecule has 56 heavy (non-hydrogen) atoms. The summed E-state index contributed by atoms with van der Waals surface area (Å²) in [5.41, 5.74) is 2.30. The number of aliphatic hydroxyl groups is 2. The molecule has 4 aliphatic rings. The number of para-hydroxylation sites is 1. The Morgan fingerprint density at radius 3 is 2.21 bits per heavy atom. The molecule has 288 valence electrons. The molecule has 0 unspecified atom stereocenters. The lowest BCUT2D eigenvalue weighted by atomic mass is 9.64. The van der Waals surface area contributed by atoms with Crippen LogP contribution in [-0.2, 0) is 24.5 Å². The summed E-state index contributed by atoms with van der Waals surface area (Å²) in [6.45, 7) is 0.707. The molecule has 1 spiro atoms. The molecule has 4 aliphatic heterocycles. The molecule has 0 bridgehead atoms. The second kappa shape index (κ2) is 16.3. The van der Waals surface area contributed by atoms with Gasteiger partial charge in [0.25, 0.3) is 0 Å². The molecule has 0 aliphatic carbocycles. The number of nitrogens with zero attached hydrogens (tertiary/aromatic N) is 2. The van der Waals surface area contributed by atoms with Crippen molar-refractivity contribution in [2.75, 3.05) is 38.2 Å². The Balaban J connectivity index is 1.45. The number of benzene rings is 4.